The molecule has 1 heterocycles. The molecule has 0 aromatic rings. The Balaban J connectivity index is 1.96. The largest absolute Gasteiger partial charge is 0.394 e. The van der Waals surface area contributed by atoms with Gasteiger partial charge in [0.05, 0.1) is 18.0 Å². The summed E-state index contributed by atoms with van der Waals surface area (Å²) in [6.07, 6.45) is 8.14. The quantitative estimate of drug-likeness (QED) is 0.754. The van der Waals surface area contributed by atoms with Gasteiger partial charge in [-0.05, 0) is 44.4 Å². The minimum Gasteiger partial charge on any atom is -0.394 e. The number of hydrogen-bond acceptors (Lipinski definition) is 3. The van der Waals surface area contributed by atoms with Gasteiger partial charge in [0.15, 0.2) is 0 Å². The number of aliphatic hydroxyl groups is 1. The fourth-order valence-electron chi connectivity index (χ4n) is 2.74. The van der Waals surface area contributed by atoms with E-state index in [0.29, 0.717) is 0 Å². The third kappa shape index (κ3) is 2.76. The van der Waals surface area contributed by atoms with Crippen molar-refractivity contribution in [3.8, 4) is 0 Å². The van der Waals surface area contributed by atoms with Gasteiger partial charge in [0, 0.05) is 13.0 Å². The molecule has 3 heteroatoms. The summed E-state index contributed by atoms with van der Waals surface area (Å²) in [6, 6.07) is 0. The lowest BCUT2D eigenvalue weighted by molar-refractivity contribution is 0.122. The van der Waals surface area contributed by atoms with Crippen LogP contribution in [-0.4, -0.2) is 29.6 Å². The van der Waals surface area contributed by atoms with E-state index in [0.717, 1.165) is 37.6 Å². The van der Waals surface area contributed by atoms with Gasteiger partial charge in [-0.15, -0.1) is 0 Å². The van der Waals surface area contributed by atoms with E-state index >= 15 is 0 Å². The van der Waals surface area contributed by atoms with Crippen molar-refractivity contribution < 1.29 is 5.11 Å². The van der Waals surface area contributed by atoms with Gasteiger partial charge in [-0.1, -0.05) is 6.92 Å². The van der Waals surface area contributed by atoms with Crippen molar-refractivity contribution in [3.63, 3.8) is 0 Å². The van der Waals surface area contributed by atoms with Crippen LogP contribution < -0.4 is 5.32 Å². The lowest BCUT2D eigenvalue weighted by Gasteiger charge is -2.40. The van der Waals surface area contributed by atoms with Gasteiger partial charge in [0.1, 0.15) is 0 Å². The molecule has 16 heavy (non-hydrogen) atoms. The van der Waals surface area contributed by atoms with Crippen molar-refractivity contribution in [2.24, 2.45) is 10.9 Å². The third-order valence-corrected chi connectivity index (χ3v) is 4.07. The molecule has 0 atom stereocenters. The van der Waals surface area contributed by atoms with Crippen LogP contribution in [0.4, 0.5) is 0 Å². The van der Waals surface area contributed by atoms with Crippen molar-refractivity contribution >= 4 is 5.84 Å². The molecule has 0 spiro atoms. The highest BCUT2D eigenvalue weighted by atomic mass is 16.3. The van der Waals surface area contributed by atoms with E-state index in [1.165, 1.54) is 25.7 Å². The van der Waals surface area contributed by atoms with Gasteiger partial charge in [-0.3, -0.25) is 4.99 Å². The Morgan fingerprint density at radius 3 is 2.69 bits per heavy atom. The maximum atomic E-state index is 9.64. The standard InChI is InChI=1S/C13H24N2O/c1-11-5-7-13(10-16,8-6-11)15-12-4-2-3-9-14-12/h11,16H,2-10H2,1H3,(H,14,15). The Bertz CT molecular complexity index is 255. The normalized spacial score (nSPS) is 35.6. The van der Waals surface area contributed by atoms with Gasteiger partial charge >= 0.3 is 0 Å². The summed E-state index contributed by atoms with van der Waals surface area (Å²) in [5, 5.41) is 13.2. The number of aliphatic hydroxyl groups excluding tert-OH is 1. The van der Waals surface area contributed by atoms with E-state index < -0.39 is 0 Å². The molecule has 2 aliphatic rings. The van der Waals surface area contributed by atoms with Crippen LogP contribution in [0.3, 0.4) is 0 Å². The second-order valence-electron chi connectivity index (χ2n) is 5.53. The Morgan fingerprint density at radius 2 is 2.12 bits per heavy atom. The minimum atomic E-state index is -0.0668. The van der Waals surface area contributed by atoms with Crippen LogP contribution in [0.1, 0.15) is 51.9 Å². The van der Waals surface area contributed by atoms with Crippen LogP contribution in [0.2, 0.25) is 0 Å². The molecule has 0 unspecified atom stereocenters. The average Bonchev–Trinajstić information content (AvgIpc) is 2.34. The molecule has 3 nitrogen and oxygen atoms in total. The van der Waals surface area contributed by atoms with Crippen LogP contribution in [0.5, 0.6) is 0 Å². The molecule has 1 saturated carbocycles. The average molecular weight is 224 g/mol. The van der Waals surface area contributed by atoms with E-state index in [2.05, 4.69) is 17.2 Å². The van der Waals surface area contributed by atoms with Crippen LogP contribution in [0.15, 0.2) is 4.99 Å². The summed E-state index contributed by atoms with van der Waals surface area (Å²) in [5.41, 5.74) is -0.0668. The molecule has 0 aromatic carbocycles. The molecule has 92 valence electrons. The molecular weight excluding hydrogens is 200 g/mol. The molecule has 0 saturated heterocycles. The van der Waals surface area contributed by atoms with Crippen LogP contribution in [-0.2, 0) is 0 Å². The second-order valence-corrected chi connectivity index (χ2v) is 5.53. The smallest absolute Gasteiger partial charge is 0.0968 e. The monoisotopic (exact) mass is 224 g/mol. The summed E-state index contributed by atoms with van der Waals surface area (Å²) < 4.78 is 0. The summed E-state index contributed by atoms with van der Waals surface area (Å²) in [5.74, 6) is 1.95. The lowest BCUT2D eigenvalue weighted by atomic mass is 9.77. The Hall–Kier alpha value is -0.570. The van der Waals surface area contributed by atoms with Gasteiger partial charge in [-0.2, -0.15) is 0 Å². The molecule has 0 amide bonds. The third-order valence-electron chi connectivity index (χ3n) is 4.07. The zero-order valence-corrected chi connectivity index (χ0v) is 10.3. The van der Waals surface area contributed by atoms with Gasteiger partial charge in [0.25, 0.3) is 0 Å². The number of nitrogens with zero attached hydrogens (tertiary/aromatic N) is 1. The zero-order valence-electron chi connectivity index (χ0n) is 10.3. The molecule has 1 aliphatic heterocycles. The van der Waals surface area contributed by atoms with Crippen molar-refractivity contribution in [2.75, 3.05) is 13.2 Å². The molecule has 0 radical (unpaired) electrons. The minimum absolute atomic E-state index is 0.0668. The fourth-order valence-corrected chi connectivity index (χ4v) is 2.74. The van der Waals surface area contributed by atoms with E-state index in [1.807, 2.05) is 0 Å². The Labute approximate surface area is 98.3 Å². The van der Waals surface area contributed by atoms with Crippen molar-refractivity contribution in [1.29, 1.82) is 0 Å². The maximum Gasteiger partial charge on any atom is 0.0968 e. The predicted molar refractivity (Wildman–Crippen MR) is 66.7 cm³/mol. The van der Waals surface area contributed by atoms with Gasteiger partial charge < -0.3 is 10.4 Å². The molecule has 1 aliphatic carbocycles. The number of rotatable bonds is 2. The molecule has 1 fully saturated rings. The molecule has 0 bridgehead atoms. The van der Waals surface area contributed by atoms with Crippen molar-refractivity contribution in [1.82, 2.24) is 5.32 Å². The first kappa shape index (κ1) is 11.9. The second kappa shape index (κ2) is 5.17. The maximum absolute atomic E-state index is 9.64. The number of hydrogen-bond donors (Lipinski definition) is 2. The van der Waals surface area contributed by atoms with Gasteiger partial charge in [-0.25, -0.2) is 0 Å². The zero-order chi connectivity index (χ0) is 11.4. The van der Waals surface area contributed by atoms with Crippen LogP contribution in [0, 0.1) is 5.92 Å². The predicted octanol–water partition coefficient (Wildman–Crippen LogP) is 2.10. The highest BCUT2D eigenvalue weighted by Crippen LogP contribution is 2.31. The van der Waals surface area contributed by atoms with Crippen molar-refractivity contribution in [3.05, 3.63) is 0 Å². The van der Waals surface area contributed by atoms with E-state index in [-0.39, 0.29) is 12.1 Å². The van der Waals surface area contributed by atoms with E-state index in [9.17, 15) is 5.11 Å². The number of aliphatic imine (C=N–C) groups is 1. The SMILES string of the molecule is CC1CCC(CO)(NC2=NCCCC2)CC1. The van der Waals surface area contributed by atoms with Gasteiger partial charge in [0.2, 0.25) is 0 Å². The molecule has 2 N–H and O–H groups in total. The number of nitrogens with one attached hydrogen (secondary N) is 1. The summed E-state index contributed by atoms with van der Waals surface area (Å²) in [4.78, 5) is 4.53. The van der Waals surface area contributed by atoms with Crippen LogP contribution in [0.25, 0.3) is 0 Å². The number of amidine groups is 1. The fraction of sp³-hybridized carbons (Fsp3) is 0.923. The summed E-state index contributed by atoms with van der Waals surface area (Å²) in [7, 11) is 0. The van der Waals surface area contributed by atoms with Crippen LogP contribution >= 0.6 is 0 Å². The first-order valence-corrected chi connectivity index (χ1v) is 6.66. The first-order chi connectivity index (χ1) is 7.74. The molecule has 0 aromatic heterocycles. The summed E-state index contributed by atoms with van der Waals surface area (Å²) in [6.45, 7) is 3.51. The van der Waals surface area contributed by atoms with E-state index in [1.54, 1.807) is 0 Å². The highest BCUT2D eigenvalue weighted by molar-refractivity contribution is 5.83. The topological polar surface area (TPSA) is 44.6 Å². The summed E-state index contributed by atoms with van der Waals surface area (Å²) >= 11 is 0. The molecular formula is C13H24N2O. The Kier molecular flexibility index (Phi) is 3.85. The Morgan fingerprint density at radius 1 is 1.38 bits per heavy atom. The van der Waals surface area contributed by atoms with Crippen molar-refractivity contribution in [2.45, 2.75) is 57.4 Å². The highest BCUT2D eigenvalue weighted by Gasteiger charge is 2.34. The van der Waals surface area contributed by atoms with E-state index in [4.69, 9.17) is 0 Å². The first-order valence-electron chi connectivity index (χ1n) is 6.66. The molecule has 2 rings (SSSR count). The lowest BCUT2D eigenvalue weighted by Crippen LogP contribution is -2.53.